The Hall–Kier alpha value is -2.04. The van der Waals surface area contributed by atoms with Crippen molar-refractivity contribution in [1.82, 2.24) is 10.2 Å². The summed E-state index contributed by atoms with van der Waals surface area (Å²) in [5.41, 5.74) is 0.539. The van der Waals surface area contributed by atoms with Gasteiger partial charge >= 0.3 is 0 Å². The van der Waals surface area contributed by atoms with Gasteiger partial charge in [0.25, 0.3) is 5.91 Å². The Bertz CT molecular complexity index is 542. The third-order valence-corrected chi connectivity index (χ3v) is 4.41. The van der Waals surface area contributed by atoms with E-state index in [1.54, 1.807) is 24.3 Å². The molecule has 0 radical (unpaired) electrons. The summed E-state index contributed by atoms with van der Waals surface area (Å²) in [6.07, 6.45) is 5.36. The van der Waals surface area contributed by atoms with Crippen molar-refractivity contribution in [2.24, 2.45) is 0 Å². The summed E-state index contributed by atoms with van der Waals surface area (Å²) in [4.78, 5) is 26.3. The van der Waals surface area contributed by atoms with Crippen LogP contribution < -0.4 is 10.1 Å². The van der Waals surface area contributed by atoms with Crippen LogP contribution in [0.4, 0.5) is 0 Å². The highest BCUT2D eigenvalue weighted by Gasteiger charge is 2.23. The molecule has 1 fully saturated rings. The molecule has 0 aromatic heterocycles. The standard InChI is InChI=1S/C19H28N2O3/c1-3-4-13-24-17-10-8-16(9-11-17)19(23)20-14-18(22)21-12-6-5-7-15(21)2/h8-11,15H,3-7,12-14H2,1-2H3,(H,20,23). The van der Waals surface area contributed by atoms with Gasteiger partial charge in [-0.3, -0.25) is 9.59 Å². The van der Waals surface area contributed by atoms with E-state index >= 15 is 0 Å². The third-order valence-electron chi connectivity index (χ3n) is 4.41. The fraction of sp³-hybridized carbons (Fsp3) is 0.579. The first-order valence-electron chi connectivity index (χ1n) is 8.92. The molecule has 1 aliphatic rings. The second kappa shape index (κ2) is 9.30. The van der Waals surface area contributed by atoms with E-state index in [4.69, 9.17) is 4.74 Å². The minimum absolute atomic E-state index is 0.00457. The van der Waals surface area contributed by atoms with Crippen LogP contribution in [-0.2, 0) is 4.79 Å². The maximum Gasteiger partial charge on any atom is 0.251 e. The number of nitrogens with zero attached hydrogens (tertiary/aromatic N) is 1. The highest BCUT2D eigenvalue weighted by atomic mass is 16.5. The number of hydrogen-bond acceptors (Lipinski definition) is 3. The van der Waals surface area contributed by atoms with Gasteiger partial charge in [0.15, 0.2) is 0 Å². The van der Waals surface area contributed by atoms with E-state index in [2.05, 4.69) is 19.2 Å². The van der Waals surface area contributed by atoms with E-state index < -0.39 is 0 Å². The van der Waals surface area contributed by atoms with Gasteiger partial charge in [-0.05, 0) is 56.9 Å². The monoisotopic (exact) mass is 332 g/mol. The van der Waals surface area contributed by atoms with Crippen LogP contribution in [0.3, 0.4) is 0 Å². The van der Waals surface area contributed by atoms with Crippen LogP contribution in [-0.4, -0.2) is 42.5 Å². The third kappa shape index (κ3) is 5.25. The van der Waals surface area contributed by atoms with E-state index in [0.29, 0.717) is 12.2 Å². The molecule has 1 saturated heterocycles. The zero-order valence-electron chi connectivity index (χ0n) is 14.7. The van der Waals surface area contributed by atoms with Gasteiger partial charge in [-0.2, -0.15) is 0 Å². The highest BCUT2D eigenvalue weighted by molar-refractivity contribution is 5.96. The molecular formula is C19H28N2O3. The lowest BCUT2D eigenvalue weighted by atomic mass is 10.0. The van der Waals surface area contributed by atoms with Crippen LogP contribution in [0.15, 0.2) is 24.3 Å². The normalized spacial score (nSPS) is 17.4. The highest BCUT2D eigenvalue weighted by Crippen LogP contribution is 2.16. The second-order valence-corrected chi connectivity index (χ2v) is 6.34. The summed E-state index contributed by atoms with van der Waals surface area (Å²) in [5, 5.41) is 2.72. The van der Waals surface area contributed by atoms with Crippen molar-refractivity contribution in [3.8, 4) is 5.75 Å². The zero-order chi connectivity index (χ0) is 17.4. The molecule has 1 aliphatic heterocycles. The van der Waals surface area contributed by atoms with Crippen molar-refractivity contribution < 1.29 is 14.3 Å². The summed E-state index contributed by atoms with van der Waals surface area (Å²) in [6, 6.07) is 7.30. The lowest BCUT2D eigenvalue weighted by molar-refractivity contribution is -0.133. The predicted molar refractivity (Wildman–Crippen MR) is 94.2 cm³/mol. The number of piperidine rings is 1. The molecule has 1 unspecified atom stereocenters. The van der Waals surface area contributed by atoms with E-state index in [0.717, 1.165) is 38.0 Å². The Morgan fingerprint density at radius 2 is 2.00 bits per heavy atom. The molecule has 0 aliphatic carbocycles. The Labute approximate surface area is 144 Å². The average molecular weight is 332 g/mol. The van der Waals surface area contributed by atoms with Crippen molar-refractivity contribution in [1.29, 1.82) is 0 Å². The second-order valence-electron chi connectivity index (χ2n) is 6.34. The first-order valence-corrected chi connectivity index (χ1v) is 8.92. The van der Waals surface area contributed by atoms with Crippen molar-refractivity contribution in [2.75, 3.05) is 19.7 Å². The Morgan fingerprint density at radius 1 is 1.25 bits per heavy atom. The minimum Gasteiger partial charge on any atom is -0.494 e. The molecule has 24 heavy (non-hydrogen) atoms. The number of nitrogens with one attached hydrogen (secondary N) is 1. The van der Waals surface area contributed by atoms with Gasteiger partial charge in [-0.25, -0.2) is 0 Å². The summed E-state index contributed by atoms with van der Waals surface area (Å²) in [5.74, 6) is 0.529. The number of hydrogen-bond donors (Lipinski definition) is 1. The minimum atomic E-state index is -0.229. The van der Waals surface area contributed by atoms with Crippen LogP contribution in [0.2, 0.25) is 0 Å². The van der Waals surface area contributed by atoms with Gasteiger partial charge in [0.05, 0.1) is 13.2 Å². The van der Waals surface area contributed by atoms with Gasteiger partial charge in [0.2, 0.25) is 5.91 Å². The molecule has 1 aromatic rings. The van der Waals surface area contributed by atoms with Gasteiger partial charge in [-0.1, -0.05) is 13.3 Å². The number of amides is 2. The van der Waals surface area contributed by atoms with Crippen molar-refractivity contribution >= 4 is 11.8 Å². The molecule has 5 nitrogen and oxygen atoms in total. The Morgan fingerprint density at radius 3 is 2.67 bits per heavy atom. The molecule has 1 N–H and O–H groups in total. The molecule has 0 saturated carbocycles. The number of carbonyl (C=O) groups is 2. The lowest BCUT2D eigenvalue weighted by Gasteiger charge is -2.33. The Kier molecular flexibility index (Phi) is 7.09. The number of rotatable bonds is 7. The predicted octanol–water partition coefficient (Wildman–Crippen LogP) is 3.00. The first-order chi connectivity index (χ1) is 11.6. The molecule has 0 bridgehead atoms. The van der Waals surface area contributed by atoms with Crippen LogP contribution >= 0.6 is 0 Å². The maximum absolute atomic E-state index is 12.2. The molecule has 1 heterocycles. The molecule has 1 aromatic carbocycles. The van der Waals surface area contributed by atoms with Gasteiger partial charge in [-0.15, -0.1) is 0 Å². The van der Waals surface area contributed by atoms with Crippen LogP contribution in [0, 0.1) is 0 Å². The lowest BCUT2D eigenvalue weighted by Crippen LogP contribution is -2.46. The van der Waals surface area contributed by atoms with Gasteiger partial charge in [0.1, 0.15) is 5.75 Å². The summed E-state index contributed by atoms with van der Waals surface area (Å²) < 4.78 is 5.58. The van der Waals surface area contributed by atoms with Crippen molar-refractivity contribution in [3.63, 3.8) is 0 Å². The summed E-state index contributed by atoms with van der Waals surface area (Å²) in [7, 11) is 0. The molecule has 2 amide bonds. The number of likely N-dealkylation sites (tertiary alicyclic amines) is 1. The van der Waals surface area contributed by atoms with Crippen molar-refractivity contribution in [3.05, 3.63) is 29.8 Å². The van der Waals surface area contributed by atoms with Gasteiger partial charge < -0.3 is 15.0 Å². The summed E-state index contributed by atoms with van der Waals surface area (Å²) in [6.45, 7) is 5.71. The van der Waals surface area contributed by atoms with E-state index in [1.165, 1.54) is 6.42 Å². The number of benzene rings is 1. The van der Waals surface area contributed by atoms with Crippen LogP contribution in [0.1, 0.15) is 56.3 Å². The largest absolute Gasteiger partial charge is 0.494 e. The van der Waals surface area contributed by atoms with Crippen molar-refractivity contribution in [2.45, 2.75) is 52.0 Å². The number of carbonyl (C=O) groups excluding carboxylic acids is 2. The molecule has 5 heteroatoms. The number of unbranched alkanes of at least 4 members (excludes halogenated alkanes) is 1. The average Bonchev–Trinajstić information content (AvgIpc) is 2.60. The topological polar surface area (TPSA) is 58.6 Å². The fourth-order valence-corrected chi connectivity index (χ4v) is 2.87. The molecule has 132 valence electrons. The molecule has 1 atom stereocenters. The van der Waals surface area contributed by atoms with Crippen LogP contribution in [0.5, 0.6) is 5.75 Å². The van der Waals surface area contributed by atoms with E-state index in [9.17, 15) is 9.59 Å². The SMILES string of the molecule is CCCCOc1ccc(C(=O)NCC(=O)N2CCCCC2C)cc1. The smallest absolute Gasteiger partial charge is 0.251 e. The van der Waals surface area contributed by atoms with Crippen LogP contribution in [0.25, 0.3) is 0 Å². The molecule has 2 rings (SSSR count). The Balaban J connectivity index is 1.80. The zero-order valence-corrected chi connectivity index (χ0v) is 14.7. The first kappa shape index (κ1) is 18.3. The van der Waals surface area contributed by atoms with Gasteiger partial charge in [0, 0.05) is 18.2 Å². The van der Waals surface area contributed by atoms with E-state index in [1.807, 2.05) is 4.90 Å². The van der Waals surface area contributed by atoms with E-state index in [-0.39, 0.29) is 24.4 Å². The maximum atomic E-state index is 12.2. The summed E-state index contributed by atoms with van der Waals surface area (Å²) >= 11 is 0. The molecule has 0 spiro atoms. The fourth-order valence-electron chi connectivity index (χ4n) is 2.87. The quantitative estimate of drug-likeness (QED) is 0.781. The number of ether oxygens (including phenoxy) is 1. The molecular weight excluding hydrogens is 304 g/mol.